The summed E-state index contributed by atoms with van der Waals surface area (Å²) in [6.45, 7) is 3.50. The number of aromatic nitrogens is 4. The van der Waals surface area contributed by atoms with E-state index in [2.05, 4.69) is 37.6 Å². The van der Waals surface area contributed by atoms with E-state index < -0.39 is 0 Å². The van der Waals surface area contributed by atoms with Crippen LogP contribution in [0.2, 0.25) is 5.02 Å². The number of methoxy groups -OCH3 is 1. The highest BCUT2D eigenvalue weighted by Crippen LogP contribution is 2.29. The Kier molecular flexibility index (Phi) is 6.65. The maximum atomic E-state index is 13.0. The second kappa shape index (κ2) is 10.0. The Morgan fingerprint density at radius 1 is 1.19 bits per heavy atom. The van der Waals surface area contributed by atoms with E-state index in [9.17, 15) is 9.59 Å². The van der Waals surface area contributed by atoms with Gasteiger partial charge in [-0.3, -0.25) is 14.7 Å². The van der Waals surface area contributed by atoms with Crippen LogP contribution >= 0.6 is 11.6 Å². The zero-order valence-electron chi connectivity index (χ0n) is 20.1. The Balaban J connectivity index is 1.15. The number of likely N-dealkylation sites (tertiary alicyclic amines) is 1. The lowest BCUT2D eigenvalue weighted by Crippen LogP contribution is -2.43. The van der Waals surface area contributed by atoms with Gasteiger partial charge < -0.3 is 19.9 Å². The summed E-state index contributed by atoms with van der Waals surface area (Å²) in [4.78, 5) is 34.9. The molecule has 0 saturated carbocycles. The van der Waals surface area contributed by atoms with E-state index in [1.165, 1.54) is 13.3 Å². The molecule has 0 aliphatic carbocycles. The van der Waals surface area contributed by atoms with Crippen LogP contribution in [0.5, 0.6) is 5.88 Å². The molecule has 4 heterocycles. The molecule has 0 radical (unpaired) electrons. The zero-order valence-corrected chi connectivity index (χ0v) is 20.9. The number of rotatable bonds is 6. The van der Waals surface area contributed by atoms with Gasteiger partial charge in [0.1, 0.15) is 0 Å². The molecule has 1 fully saturated rings. The highest BCUT2D eigenvalue weighted by molar-refractivity contribution is 6.33. The van der Waals surface area contributed by atoms with Gasteiger partial charge in [0.2, 0.25) is 11.8 Å². The molecule has 36 heavy (non-hydrogen) atoms. The average molecular weight is 507 g/mol. The van der Waals surface area contributed by atoms with E-state index in [-0.39, 0.29) is 17.7 Å². The second-order valence-corrected chi connectivity index (χ2v) is 9.44. The summed E-state index contributed by atoms with van der Waals surface area (Å²) in [5.41, 5.74) is 4.81. The molecule has 3 aromatic heterocycles. The molecule has 2 amide bonds. The molecule has 9 nitrogen and oxygen atoms in total. The Bertz CT molecular complexity index is 1420. The quantitative estimate of drug-likeness (QED) is 0.364. The SMILES string of the molecule is COc1cc(-c2cc(C(=O)N3CCC(C(=O)NCc4ccc5[nH]c(C)cc5c4)CC3)n[nH]2)c(Cl)cn1. The standard InChI is InChI=1S/C26H27ClN6O3/c1-15-9-18-10-16(3-4-21(18)30-15)13-29-25(34)17-5-7-33(8-6-17)26(35)23-12-22(31-32-23)19-11-24(36-2)28-14-20(19)27/h3-4,9-12,14,17,30H,5-8,13H2,1-2H3,(H,29,34)(H,31,32). The van der Waals surface area contributed by atoms with Crippen molar-refractivity contribution in [3.8, 4) is 17.1 Å². The first kappa shape index (κ1) is 23.9. The highest BCUT2D eigenvalue weighted by atomic mass is 35.5. The summed E-state index contributed by atoms with van der Waals surface area (Å²) in [7, 11) is 1.52. The lowest BCUT2D eigenvalue weighted by atomic mass is 9.95. The van der Waals surface area contributed by atoms with Crippen molar-refractivity contribution < 1.29 is 14.3 Å². The van der Waals surface area contributed by atoms with Crippen LogP contribution in [-0.4, -0.2) is 57.1 Å². The second-order valence-electron chi connectivity index (χ2n) is 9.03. The van der Waals surface area contributed by atoms with Crippen LogP contribution in [0, 0.1) is 12.8 Å². The van der Waals surface area contributed by atoms with E-state index in [1.54, 1.807) is 17.0 Å². The Hall–Kier alpha value is -3.85. The third-order valence-electron chi connectivity index (χ3n) is 6.57. The number of H-pyrrole nitrogens is 2. The molecule has 1 aliphatic rings. The molecular formula is C26H27ClN6O3. The van der Waals surface area contributed by atoms with Crippen LogP contribution in [0.4, 0.5) is 0 Å². The molecule has 4 aromatic rings. The monoisotopic (exact) mass is 506 g/mol. The zero-order chi connectivity index (χ0) is 25.2. The number of amides is 2. The number of carbonyl (C=O) groups is 2. The number of nitrogens with zero attached hydrogens (tertiary/aromatic N) is 3. The van der Waals surface area contributed by atoms with Crippen LogP contribution in [0.3, 0.4) is 0 Å². The minimum atomic E-state index is -0.177. The molecule has 0 atom stereocenters. The number of carbonyl (C=O) groups excluding carboxylic acids is 2. The number of pyridine rings is 1. The van der Waals surface area contributed by atoms with Gasteiger partial charge in [-0.1, -0.05) is 17.7 Å². The van der Waals surface area contributed by atoms with Crippen molar-refractivity contribution in [1.82, 2.24) is 30.4 Å². The highest BCUT2D eigenvalue weighted by Gasteiger charge is 2.29. The van der Waals surface area contributed by atoms with E-state index in [1.807, 2.05) is 19.1 Å². The maximum absolute atomic E-state index is 13.0. The summed E-state index contributed by atoms with van der Waals surface area (Å²) in [6.07, 6.45) is 2.71. The predicted octanol–water partition coefficient (Wildman–Crippen LogP) is 4.09. The van der Waals surface area contributed by atoms with Crippen molar-refractivity contribution in [3.05, 3.63) is 64.6 Å². The topological polar surface area (TPSA) is 116 Å². The number of fused-ring (bicyclic) bond motifs is 1. The molecule has 10 heteroatoms. The minimum absolute atomic E-state index is 0.0239. The smallest absolute Gasteiger partial charge is 0.274 e. The van der Waals surface area contributed by atoms with Gasteiger partial charge in [-0.05, 0) is 55.0 Å². The Morgan fingerprint density at radius 3 is 2.78 bits per heavy atom. The molecule has 186 valence electrons. The van der Waals surface area contributed by atoms with Crippen molar-refractivity contribution in [2.45, 2.75) is 26.3 Å². The van der Waals surface area contributed by atoms with Crippen molar-refractivity contribution in [2.24, 2.45) is 5.92 Å². The van der Waals surface area contributed by atoms with Gasteiger partial charge in [-0.15, -0.1) is 0 Å². The number of piperidine rings is 1. The molecule has 1 aromatic carbocycles. The summed E-state index contributed by atoms with van der Waals surface area (Å²) < 4.78 is 5.16. The molecule has 0 bridgehead atoms. The van der Waals surface area contributed by atoms with Crippen molar-refractivity contribution in [2.75, 3.05) is 20.2 Å². The number of nitrogens with one attached hydrogen (secondary N) is 3. The summed E-state index contributed by atoms with van der Waals surface area (Å²) in [6, 6.07) is 11.6. The third kappa shape index (κ3) is 4.92. The Labute approximate surface area is 213 Å². The maximum Gasteiger partial charge on any atom is 0.274 e. The molecule has 1 saturated heterocycles. The summed E-state index contributed by atoms with van der Waals surface area (Å²) >= 11 is 6.26. The van der Waals surface area contributed by atoms with Crippen molar-refractivity contribution in [3.63, 3.8) is 0 Å². The van der Waals surface area contributed by atoms with Gasteiger partial charge in [0.05, 0.1) is 24.0 Å². The predicted molar refractivity (Wildman–Crippen MR) is 137 cm³/mol. The van der Waals surface area contributed by atoms with Gasteiger partial charge >= 0.3 is 0 Å². The first-order chi connectivity index (χ1) is 17.4. The molecule has 5 rings (SSSR count). The van der Waals surface area contributed by atoms with E-state index in [0.717, 1.165) is 22.2 Å². The first-order valence-corrected chi connectivity index (χ1v) is 12.2. The lowest BCUT2D eigenvalue weighted by Gasteiger charge is -2.30. The summed E-state index contributed by atoms with van der Waals surface area (Å²) in [5.74, 6) is 0.141. The Morgan fingerprint density at radius 2 is 2.00 bits per heavy atom. The van der Waals surface area contributed by atoms with Crippen molar-refractivity contribution in [1.29, 1.82) is 0 Å². The first-order valence-electron chi connectivity index (χ1n) is 11.8. The molecule has 0 spiro atoms. The van der Waals surface area contributed by atoms with E-state index in [4.69, 9.17) is 16.3 Å². The number of hydrogen-bond acceptors (Lipinski definition) is 5. The van der Waals surface area contributed by atoms with Crippen LogP contribution in [0.15, 0.2) is 42.6 Å². The minimum Gasteiger partial charge on any atom is -0.481 e. The van der Waals surface area contributed by atoms with Gasteiger partial charge in [0, 0.05) is 48.4 Å². The fraction of sp³-hybridized carbons (Fsp3) is 0.308. The van der Waals surface area contributed by atoms with Crippen LogP contribution in [0.25, 0.3) is 22.2 Å². The largest absolute Gasteiger partial charge is 0.481 e. The van der Waals surface area contributed by atoms with E-state index >= 15 is 0 Å². The summed E-state index contributed by atoms with van der Waals surface area (Å²) in [5, 5.41) is 11.7. The lowest BCUT2D eigenvalue weighted by molar-refractivity contribution is -0.126. The number of ether oxygens (including phenoxy) is 1. The van der Waals surface area contributed by atoms with Crippen molar-refractivity contribution >= 4 is 34.3 Å². The van der Waals surface area contributed by atoms with Gasteiger partial charge in [0.25, 0.3) is 5.91 Å². The number of halogens is 1. The molecular weight excluding hydrogens is 480 g/mol. The van der Waals surface area contributed by atoms with Gasteiger partial charge in [-0.2, -0.15) is 5.10 Å². The van der Waals surface area contributed by atoms with Gasteiger partial charge in [0.15, 0.2) is 5.69 Å². The van der Waals surface area contributed by atoms with E-state index in [0.29, 0.717) is 60.3 Å². The van der Waals surface area contributed by atoms with Gasteiger partial charge in [-0.25, -0.2) is 4.98 Å². The normalized spacial score (nSPS) is 14.2. The van der Waals surface area contributed by atoms with Crippen LogP contribution in [-0.2, 0) is 11.3 Å². The van der Waals surface area contributed by atoms with Crippen LogP contribution in [0.1, 0.15) is 34.6 Å². The number of aromatic amines is 2. The fourth-order valence-corrected chi connectivity index (χ4v) is 4.79. The number of benzene rings is 1. The molecule has 3 N–H and O–H groups in total. The number of aryl methyl sites for hydroxylation is 1. The molecule has 0 unspecified atom stereocenters. The third-order valence-corrected chi connectivity index (χ3v) is 6.87. The molecule has 1 aliphatic heterocycles. The van der Waals surface area contributed by atoms with Crippen LogP contribution < -0.4 is 10.1 Å². The fourth-order valence-electron chi connectivity index (χ4n) is 4.58. The average Bonchev–Trinajstić information content (AvgIpc) is 3.53. The number of hydrogen-bond donors (Lipinski definition) is 3.